The van der Waals surface area contributed by atoms with Gasteiger partial charge in [-0.3, -0.25) is 19.8 Å². The van der Waals surface area contributed by atoms with E-state index in [-0.39, 0.29) is 12.1 Å². The van der Waals surface area contributed by atoms with Gasteiger partial charge in [-0.05, 0) is 50.9 Å². The number of ether oxygens (including phenoxy) is 8. The Morgan fingerprint density at radius 1 is 0.592 bits per heavy atom. The number of rotatable bonds is 12. The Kier molecular flexibility index (Phi) is 11.4. The lowest BCUT2D eigenvalue weighted by Gasteiger charge is -2.42. The van der Waals surface area contributed by atoms with Crippen molar-refractivity contribution in [3.05, 3.63) is 35.4 Å². The zero-order chi connectivity index (χ0) is 34.4. The summed E-state index contributed by atoms with van der Waals surface area (Å²) in [7, 11) is 9.98. The predicted octanol–water partition coefficient (Wildman–Crippen LogP) is 5.58. The lowest BCUT2D eigenvalue weighted by atomic mass is 9.96. The van der Waals surface area contributed by atoms with Crippen molar-refractivity contribution in [2.45, 2.75) is 68.6 Å². The number of fused-ring (bicyclic) bond motifs is 4. The van der Waals surface area contributed by atoms with Crippen molar-refractivity contribution in [1.82, 2.24) is 9.80 Å². The highest BCUT2D eigenvalue weighted by Gasteiger charge is 2.42. The molecule has 4 heterocycles. The van der Waals surface area contributed by atoms with Gasteiger partial charge >= 0.3 is 0 Å². The van der Waals surface area contributed by atoms with E-state index >= 15 is 0 Å². The van der Waals surface area contributed by atoms with E-state index in [1.807, 2.05) is 36.7 Å². The Morgan fingerprint density at radius 2 is 1.02 bits per heavy atom. The minimum Gasteiger partial charge on any atom is -0.493 e. The molecule has 2 fully saturated rings. The maximum Gasteiger partial charge on any atom is 0.209 e. The minimum absolute atomic E-state index is 0.234. The fraction of sp³-hybridized carbons (Fsp3) is 0.622. The average molecular weight is 681 g/mol. The zero-order valence-electron chi connectivity index (χ0n) is 29.9. The maximum absolute atomic E-state index is 6.27. The first-order valence-corrected chi connectivity index (χ1v) is 17.4. The Bertz CT molecular complexity index is 1380. The second kappa shape index (κ2) is 15.7. The van der Waals surface area contributed by atoms with E-state index in [4.69, 9.17) is 47.9 Å². The van der Waals surface area contributed by atoms with Crippen LogP contribution >= 0.6 is 0 Å². The van der Waals surface area contributed by atoms with Gasteiger partial charge in [0.05, 0.1) is 51.9 Å². The summed E-state index contributed by atoms with van der Waals surface area (Å²) >= 11 is 0. The summed E-state index contributed by atoms with van der Waals surface area (Å²) in [6, 6.07) is 8.14. The van der Waals surface area contributed by atoms with Crippen molar-refractivity contribution < 1.29 is 37.9 Å². The number of hydrogen-bond donors (Lipinski definition) is 0. The molecule has 0 saturated carbocycles. The van der Waals surface area contributed by atoms with Gasteiger partial charge in [0.2, 0.25) is 11.6 Å². The van der Waals surface area contributed by atoms with Crippen molar-refractivity contribution in [3.63, 3.8) is 0 Å². The van der Waals surface area contributed by atoms with E-state index in [0.29, 0.717) is 55.7 Å². The van der Waals surface area contributed by atoms with Gasteiger partial charge in [-0.1, -0.05) is 12.8 Å². The molecule has 0 amide bonds. The summed E-state index contributed by atoms with van der Waals surface area (Å²) in [5.74, 6) is 0.394. The van der Waals surface area contributed by atoms with Crippen LogP contribution < -0.4 is 18.9 Å². The molecule has 2 aromatic carbocycles. The highest BCUT2D eigenvalue weighted by Crippen LogP contribution is 2.45. The first-order valence-electron chi connectivity index (χ1n) is 17.4. The van der Waals surface area contributed by atoms with Gasteiger partial charge in [0.15, 0.2) is 23.0 Å². The normalized spacial score (nSPS) is 23.1. The third-order valence-electron chi connectivity index (χ3n) is 10.4. The van der Waals surface area contributed by atoms with Gasteiger partial charge < -0.3 is 37.9 Å². The molecule has 0 unspecified atom stereocenters. The number of nitrogens with zero attached hydrogens (tertiary/aromatic N) is 4. The standard InChI is InChI=1S/C37H52N4O8/c1-42-32-18-28-30(38-22-26-12-7-9-14-40(26)24-36(28,44-3)45-4)20-34(32)48-16-11-17-49-35-21-31-29(19-33(35)43-2)37(46-5,47-6)25-41-15-10-8-13-27(41)23-39-31/h18-23,26-27H,7-17,24-25H2,1-6H3/t26-,27-/m0/s1. The lowest BCUT2D eigenvalue weighted by Crippen LogP contribution is -2.51. The van der Waals surface area contributed by atoms with Crippen LogP contribution in [0.4, 0.5) is 11.4 Å². The Hall–Kier alpha value is -3.26. The Morgan fingerprint density at radius 3 is 1.41 bits per heavy atom. The van der Waals surface area contributed by atoms with Crippen LogP contribution in [-0.4, -0.2) is 116 Å². The van der Waals surface area contributed by atoms with Crippen LogP contribution in [0.2, 0.25) is 0 Å². The van der Waals surface area contributed by atoms with Gasteiger partial charge in [-0.2, -0.15) is 0 Å². The fourth-order valence-corrected chi connectivity index (χ4v) is 7.56. The Balaban J connectivity index is 1.17. The summed E-state index contributed by atoms with van der Waals surface area (Å²) in [4.78, 5) is 14.6. The number of methoxy groups -OCH3 is 6. The molecule has 2 aromatic rings. The summed E-state index contributed by atoms with van der Waals surface area (Å²) in [6.45, 7) is 3.94. The number of hydrogen-bond acceptors (Lipinski definition) is 12. The third-order valence-corrected chi connectivity index (χ3v) is 10.4. The first kappa shape index (κ1) is 35.6. The van der Waals surface area contributed by atoms with Crippen LogP contribution in [0.1, 0.15) is 56.1 Å². The van der Waals surface area contributed by atoms with Gasteiger partial charge in [0, 0.05) is 82.6 Å². The molecule has 4 aliphatic heterocycles. The van der Waals surface area contributed by atoms with Crippen molar-refractivity contribution in [2.24, 2.45) is 9.98 Å². The van der Waals surface area contributed by atoms with Crippen LogP contribution in [0.25, 0.3) is 0 Å². The number of benzene rings is 2. The van der Waals surface area contributed by atoms with E-state index in [0.717, 1.165) is 61.3 Å². The summed E-state index contributed by atoms with van der Waals surface area (Å²) in [5, 5.41) is 0. The lowest BCUT2D eigenvalue weighted by molar-refractivity contribution is -0.228. The second-order valence-corrected chi connectivity index (χ2v) is 13.0. The molecule has 0 N–H and O–H groups in total. The highest BCUT2D eigenvalue weighted by molar-refractivity contribution is 5.74. The van der Waals surface area contributed by atoms with E-state index in [1.165, 1.54) is 12.8 Å². The average Bonchev–Trinajstić information content (AvgIpc) is 3.13. The van der Waals surface area contributed by atoms with Gasteiger partial charge in [-0.15, -0.1) is 0 Å². The zero-order valence-corrected chi connectivity index (χ0v) is 29.9. The van der Waals surface area contributed by atoms with Gasteiger partial charge in [0.25, 0.3) is 0 Å². The van der Waals surface area contributed by atoms with Crippen LogP contribution in [0.3, 0.4) is 0 Å². The van der Waals surface area contributed by atoms with Crippen LogP contribution in [-0.2, 0) is 30.5 Å². The van der Waals surface area contributed by atoms with Gasteiger partial charge in [0.1, 0.15) is 0 Å². The molecule has 0 spiro atoms. The Labute approximate surface area is 290 Å². The van der Waals surface area contributed by atoms with Crippen LogP contribution in [0.5, 0.6) is 23.0 Å². The predicted molar refractivity (Wildman–Crippen MR) is 188 cm³/mol. The molecule has 6 rings (SSSR count). The van der Waals surface area contributed by atoms with Crippen molar-refractivity contribution in [1.29, 1.82) is 0 Å². The molecule has 0 bridgehead atoms. The minimum atomic E-state index is -0.986. The van der Waals surface area contributed by atoms with Crippen molar-refractivity contribution in [2.75, 3.05) is 82.1 Å². The smallest absolute Gasteiger partial charge is 0.209 e. The molecule has 0 aromatic heterocycles. The van der Waals surface area contributed by atoms with E-state index < -0.39 is 11.6 Å². The molecule has 268 valence electrons. The molecule has 12 heteroatoms. The first-order chi connectivity index (χ1) is 23.9. The van der Waals surface area contributed by atoms with E-state index in [9.17, 15) is 0 Å². The van der Waals surface area contributed by atoms with E-state index in [1.54, 1.807) is 42.7 Å². The molecular formula is C37H52N4O8. The molecule has 0 aliphatic carbocycles. The van der Waals surface area contributed by atoms with Gasteiger partial charge in [-0.25, -0.2) is 0 Å². The summed E-state index contributed by atoms with van der Waals surface area (Å²) < 4.78 is 48.3. The molecule has 2 atom stereocenters. The molecule has 4 aliphatic rings. The molecule has 2 saturated heterocycles. The maximum atomic E-state index is 6.27. The second-order valence-electron chi connectivity index (χ2n) is 13.0. The van der Waals surface area contributed by atoms with Crippen molar-refractivity contribution >= 4 is 23.8 Å². The summed E-state index contributed by atoms with van der Waals surface area (Å²) in [6.07, 6.45) is 11.5. The third kappa shape index (κ3) is 7.17. The van der Waals surface area contributed by atoms with Crippen molar-refractivity contribution in [3.8, 4) is 23.0 Å². The number of aliphatic imine (C=N–C) groups is 2. The molecule has 49 heavy (non-hydrogen) atoms. The van der Waals surface area contributed by atoms with Crippen LogP contribution in [0, 0.1) is 0 Å². The molecule has 12 nitrogen and oxygen atoms in total. The molecular weight excluding hydrogens is 628 g/mol. The largest absolute Gasteiger partial charge is 0.493 e. The molecule has 0 radical (unpaired) electrons. The quantitative estimate of drug-likeness (QED) is 0.208. The highest BCUT2D eigenvalue weighted by atomic mass is 16.7. The summed E-state index contributed by atoms with van der Waals surface area (Å²) in [5.41, 5.74) is 3.10. The fourth-order valence-electron chi connectivity index (χ4n) is 7.56. The van der Waals surface area contributed by atoms with Crippen LogP contribution in [0.15, 0.2) is 34.3 Å². The number of piperidine rings is 2. The SMILES string of the molecule is COc1cc2c(cc1OCCCOc1cc3c(cc1OC)C(OC)(OC)CN1CCCC[C@H]1C=N3)N=C[C@@H]1CCCCN1CC2(OC)OC. The monoisotopic (exact) mass is 680 g/mol. The topological polar surface area (TPSA) is 105 Å². The van der Waals surface area contributed by atoms with E-state index in [2.05, 4.69) is 9.80 Å².